The number of benzene rings is 1. The molecule has 0 atom stereocenters. The Morgan fingerprint density at radius 1 is 1.19 bits per heavy atom. The molecule has 0 aliphatic carbocycles. The summed E-state index contributed by atoms with van der Waals surface area (Å²) in [6, 6.07) is 8.33. The van der Waals surface area contributed by atoms with Crippen LogP contribution >= 0.6 is 0 Å². The van der Waals surface area contributed by atoms with Gasteiger partial charge in [-0.05, 0) is 18.2 Å². The Hall–Kier alpha value is -2.96. The highest BCUT2D eigenvalue weighted by Crippen LogP contribution is 2.20. The molecular weight excluding hydrogens is 270 g/mol. The van der Waals surface area contributed by atoms with E-state index in [9.17, 15) is 9.59 Å². The molecule has 1 heterocycles. The highest BCUT2D eigenvalue weighted by Gasteiger charge is 2.21. The number of likely N-dealkylation sites (N-methyl/N-ethyl adjacent to an activating group) is 1. The van der Waals surface area contributed by atoms with Crippen molar-refractivity contribution in [2.75, 3.05) is 25.1 Å². The van der Waals surface area contributed by atoms with Crippen LogP contribution < -0.4 is 11.1 Å². The molecule has 0 fully saturated rings. The molecule has 0 spiro atoms. The van der Waals surface area contributed by atoms with E-state index in [1.54, 1.807) is 30.3 Å². The number of rotatable bonds is 4. The molecule has 1 aromatic heterocycles. The lowest BCUT2D eigenvalue weighted by Crippen LogP contribution is -2.30. The first-order chi connectivity index (χ1) is 9.99. The van der Waals surface area contributed by atoms with Gasteiger partial charge in [0.25, 0.3) is 11.7 Å². The average molecular weight is 285 g/mol. The highest BCUT2D eigenvalue weighted by atomic mass is 16.2. The maximum Gasteiger partial charge on any atom is 0.294 e. The van der Waals surface area contributed by atoms with Gasteiger partial charge in [-0.3, -0.25) is 9.59 Å². The molecule has 0 aliphatic heterocycles. The van der Waals surface area contributed by atoms with Crippen molar-refractivity contribution >= 4 is 29.1 Å². The molecule has 0 unspecified atom stereocenters. The van der Waals surface area contributed by atoms with Crippen LogP contribution in [0.4, 0.5) is 17.5 Å². The lowest BCUT2D eigenvalue weighted by atomic mass is 10.1. The molecule has 1 aromatic carbocycles. The monoisotopic (exact) mass is 285 g/mol. The molecule has 7 heteroatoms. The van der Waals surface area contributed by atoms with E-state index in [1.165, 1.54) is 25.2 Å². The molecule has 21 heavy (non-hydrogen) atoms. The molecule has 7 nitrogen and oxygen atoms in total. The van der Waals surface area contributed by atoms with Gasteiger partial charge in [-0.25, -0.2) is 4.98 Å². The molecular formula is C14H15N5O2. The van der Waals surface area contributed by atoms with Crippen LogP contribution in [0, 0.1) is 0 Å². The van der Waals surface area contributed by atoms with Crippen molar-refractivity contribution in [3.8, 4) is 0 Å². The number of nitrogens with zero attached hydrogens (tertiary/aromatic N) is 3. The second-order valence-corrected chi connectivity index (χ2v) is 4.50. The molecule has 0 aliphatic rings. The number of carbonyl (C=O) groups is 2. The lowest BCUT2D eigenvalue weighted by Gasteiger charge is -2.13. The predicted octanol–water partition coefficient (Wildman–Crippen LogP) is 1.07. The third-order valence-corrected chi connectivity index (χ3v) is 2.71. The summed E-state index contributed by atoms with van der Waals surface area (Å²) in [6.07, 6.45) is 1.50. The van der Waals surface area contributed by atoms with Crippen molar-refractivity contribution < 1.29 is 9.59 Å². The van der Waals surface area contributed by atoms with Crippen molar-refractivity contribution in [1.29, 1.82) is 0 Å². The molecule has 1 amide bonds. The third-order valence-electron chi connectivity index (χ3n) is 2.71. The number of nitrogens with one attached hydrogen (secondary N) is 1. The zero-order valence-corrected chi connectivity index (χ0v) is 11.7. The van der Waals surface area contributed by atoms with Gasteiger partial charge in [0.1, 0.15) is 5.82 Å². The van der Waals surface area contributed by atoms with Gasteiger partial charge in [0.2, 0.25) is 5.95 Å². The molecule has 2 rings (SSSR count). The van der Waals surface area contributed by atoms with Crippen LogP contribution in [0.25, 0.3) is 0 Å². The van der Waals surface area contributed by atoms with Gasteiger partial charge < -0.3 is 16.0 Å². The van der Waals surface area contributed by atoms with Crippen molar-refractivity contribution in [1.82, 2.24) is 14.9 Å². The number of para-hydroxylation sites is 1. The Morgan fingerprint density at radius 2 is 1.90 bits per heavy atom. The number of aromatic nitrogens is 2. The van der Waals surface area contributed by atoms with Crippen molar-refractivity contribution in [3.05, 3.63) is 42.1 Å². The van der Waals surface area contributed by atoms with Gasteiger partial charge in [-0.2, -0.15) is 4.98 Å². The van der Waals surface area contributed by atoms with E-state index < -0.39 is 11.7 Å². The topological polar surface area (TPSA) is 101 Å². The zero-order chi connectivity index (χ0) is 15.4. The molecule has 2 aromatic rings. The van der Waals surface area contributed by atoms with Gasteiger partial charge in [0.15, 0.2) is 0 Å². The molecule has 108 valence electrons. The van der Waals surface area contributed by atoms with Crippen LogP contribution in [0.15, 0.2) is 36.5 Å². The molecule has 3 N–H and O–H groups in total. The highest BCUT2D eigenvalue weighted by molar-refractivity contribution is 6.43. The molecule has 0 radical (unpaired) electrons. The van der Waals surface area contributed by atoms with Gasteiger partial charge in [0, 0.05) is 20.3 Å². The fraction of sp³-hybridized carbons (Fsp3) is 0.143. The number of hydrogen-bond acceptors (Lipinski definition) is 6. The SMILES string of the molecule is CN(C)C(=O)C(=O)c1ccccc1Nc1ccnc(N)n1. The quantitative estimate of drug-likeness (QED) is 0.643. The van der Waals surface area contributed by atoms with E-state index in [1.807, 2.05) is 0 Å². The second kappa shape index (κ2) is 6.00. The minimum Gasteiger partial charge on any atom is -0.368 e. The maximum atomic E-state index is 12.2. The Bertz CT molecular complexity index is 685. The summed E-state index contributed by atoms with van der Waals surface area (Å²) in [5.41, 5.74) is 6.26. The predicted molar refractivity (Wildman–Crippen MR) is 79.2 cm³/mol. The second-order valence-electron chi connectivity index (χ2n) is 4.50. The Labute approximate surface area is 121 Å². The molecule has 0 bridgehead atoms. The Kier molecular flexibility index (Phi) is 4.13. The first-order valence-corrected chi connectivity index (χ1v) is 6.19. The Morgan fingerprint density at radius 3 is 2.57 bits per heavy atom. The minimum absolute atomic E-state index is 0.119. The summed E-state index contributed by atoms with van der Waals surface area (Å²) in [5, 5.41) is 2.97. The summed E-state index contributed by atoms with van der Waals surface area (Å²) < 4.78 is 0. The van der Waals surface area contributed by atoms with Crippen LogP contribution in [0.3, 0.4) is 0 Å². The normalized spacial score (nSPS) is 10.0. The fourth-order valence-electron chi connectivity index (χ4n) is 1.69. The van der Waals surface area contributed by atoms with Gasteiger partial charge in [0.05, 0.1) is 11.3 Å². The van der Waals surface area contributed by atoms with Crippen molar-refractivity contribution in [3.63, 3.8) is 0 Å². The molecule has 0 saturated carbocycles. The van der Waals surface area contributed by atoms with Gasteiger partial charge >= 0.3 is 0 Å². The van der Waals surface area contributed by atoms with Crippen molar-refractivity contribution in [2.45, 2.75) is 0 Å². The number of amides is 1. The number of nitrogen functional groups attached to an aromatic ring is 1. The van der Waals surface area contributed by atoms with E-state index in [0.29, 0.717) is 11.5 Å². The fourth-order valence-corrected chi connectivity index (χ4v) is 1.69. The summed E-state index contributed by atoms with van der Waals surface area (Å²) in [5.74, 6) is -0.621. The van der Waals surface area contributed by atoms with Crippen molar-refractivity contribution in [2.24, 2.45) is 0 Å². The summed E-state index contributed by atoms with van der Waals surface area (Å²) in [7, 11) is 3.06. The standard InChI is InChI=1S/C14H15N5O2/c1-19(2)13(21)12(20)9-5-3-4-6-10(9)17-11-7-8-16-14(15)18-11/h3-8H,1-2H3,(H3,15,16,17,18). The van der Waals surface area contributed by atoms with E-state index in [4.69, 9.17) is 5.73 Å². The summed E-state index contributed by atoms with van der Waals surface area (Å²) in [6.45, 7) is 0. The van der Waals surface area contributed by atoms with E-state index in [-0.39, 0.29) is 11.5 Å². The van der Waals surface area contributed by atoms with Crippen LogP contribution in [0.2, 0.25) is 0 Å². The number of nitrogens with two attached hydrogens (primary N) is 1. The van der Waals surface area contributed by atoms with Crippen LogP contribution in [0.1, 0.15) is 10.4 Å². The number of anilines is 3. The largest absolute Gasteiger partial charge is 0.368 e. The third kappa shape index (κ3) is 3.33. The lowest BCUT2D eigenvalue weighted by molar-refractivity contribution is -0.124. The first kappa shape index (κ1) is 14.4. The van der Waals surface area contributed by atoms with E-state index in [2.05, 4.69) is 15.3 Å². The number of Topliss-reactive ketones (excluding diaryl/α,β-unsaturated/α-hetero) is 1. The summed E-state index contributed by atoms with van der Waals surface area (Å²) >= 11 is 0. The number of ketones is 1. The minimum atomic E-state index is -0.592. The first-order valence-electron chi connectivity index (χ1n) is 6.19. The smallest absolute Gasteiger partial charge is 0.294 e. The zero-order valence-electron chi connectivity index (χ0n) is 11.7. The van der Waals surface area contributed by atoms with E-state index in [0.717, 1.165) is 0 Å². The maximum absolute atomic E-state index is 12.2. The summed E-state index contributed by atoms with van der Waals surface area (Å²) in [4.78, 5) is 33.0. The van der Waals surface area contributed by atoms with E-state index >= 15 is 0 Å². The van der Waals surface area contributed by atoms with Crippen LogP contribution in [0.5, 0.6) is 0 Å². The van der Waals surface area contributed by atoms with Crippen LogP contribution in [-0.4, -0.2) is 40.7 Å². The number of hydrogen-bond donors (Lipinski definition) is 2. The molecule has 0 saturated heterocycles. The van der Waals surface area contributed by atoms with Gasteiger partial charge in [-0.1, -0.05) is 12.1 Å². The number of carbonyl (C=O) groups excluding carboxylic acids is 2. The van der Waals surface area contributed by atoms with Gasteiger partial charge in [-0.15, -0.1) is 0 Å². The average Bonchev–Trinajstić information content (AvgIpc) is 2.46. The van der Waals surface area contributed by atoms with Crippen LogP contribution in [-0.2, 0) is 4.79 Å². The Balaban J connectivity index is 2.33.